The standard InChI is InChI=1S/C12H16F5NO4S2/c1-4-8(6-7-9(18)12(15,16)17)23(19,20)10(5-2)24(21,22)11(3,13)14/h4,6-7,10H,1,5,18H2,2-3H3/b8-6+,9-7-. The summed E-state index contributed by atoms with van der Waals surface area (Å²) in [5.41, 5.74) is 3.03. The fourth-order valence-corrected chi connectivity index (χ4v) is 5.84. The van der Waals surface area contributed by atoms with Gasteiger partial charge in [0.2, 0.25) is 9.84 Å². The highest BCUT2D eigenvalue weighted by atomic mass is 32.3. The van der Waals surface area contributed by atoms with Gasteiger partial charge in [0.25, 0.3) is 0 Å². The van der Waals surface area contributed by atoms with Crippen molar-refractivity contribution >= 4 is 19.7 Å². The molecule has 0 amide bonds. The molecule has 2 N–H and O–H groups in total. The molecule has 0 aliphatic rings. The molecule has 5 nitrogen and oxygen atoms in total. The first-order valence-electron chi connectivity index (χ1n) is 6.25. The van der Waals surface area contributed by atoms with Crippen molar-refractivity contribution in [3.05, 3.63) is 35.4 Å². The summed E-state index contributed by atoms with van der Waals surface area (Å²) >= 11 is 0. The number of rotatable bonds is 7. The minimum absolute atomic E-state index is 0.0132. The topological polar surface area (TPSA) is 94.3 Å². The lowest BCUT2D eigenvalue weighted by atomic mass is 10.3. The maximum Gasteiger partial charge on any atom is 0.430 e. The number of allylic oxidation sites excluding steroid dienone is 4. The van der Waals surface area contributed by atoms with Crippen LogP contribution in [0.2, 0.25) is 0 Å². The van der Waals surface area contributed by atoms with Crippen molar-refractivity contribution in [2.24, 2.45) is 5.73 Å². The first-order valence-corrected chi connectivity index (χ1v) is 9.35. The summed E-state index contributed by atoms with van der Waals surface area (Å²) in [6, 6.07) is 0. The van der Waals surface area contributed by atoms with Crippen molar-refractivity contribution in [1.82, 2.24) is 0 Å². The number of hydrogen-bond acceptors (Lipinski definition) is 5. The molecule has 0 heterocycles. The van der Waals surface area contributed by atoms with Crippen molar-refractivity contribution < 1.29 is 38.8 Å². The molecule has 1 unspecified atom stereocenters. The van der Waals surface area contributed by atoms with Gasteiger partial charge in [-0.3, -0.25) is 0 Å². The monoisotopic (exact) mass is 397 g/mol. The molecule has 0 aliphatic carbocycles. The smallest absolute Gasteiger partial charge is 0.395 e. The summed E-state index contributed by atoms with van der Waals surface area (Å²) < 4.78 is 109. The van der Waals surface area contributed by atoms with Gasteiger partial charge in [-0.05, 0) is 18.6 Å². The Morgan fingerprint density at radius 2 is 1.58 bits per heavy atom. The lowest BCUT2D eigenvalue weighted by molar-refractivity contribution is -0.0926. The van der Waals surface area contributed by atoms with E-state index < -0.39 is 52.7 Å². The van der Waals surface area contributed by atoms with Gasteiger partial charge in [-0.2, -0.15) is 22.0 Å². The Balaban J connectivity index is 6.23. The van der Waals surface area contributed by atoms with Gasteiger partial charge in [-0.25, -0.2) is 16.8 Å². The first-order chi connectivity index (χ1) is 10.5. The normalized spacial score (nSPS) is 16.8. The zero-order valence-electron chi connectivity index (χ0n) is 12.6. The number of hydrogen-bond donors (Lipinski definition) is 1. The summed E-state index contributed by atoms with van der Waals surface area (Å²) in [5, 5.41) is -4.35. The Hall–Kier alpha value is -1.43. The van der Waals surface area contributed by atoms with Gasteiger partial charge >= 0.3 is 11.4 Å². The summed E-state index contributed by atoms with van der Waals surface area (Å²) in [6.45, 7) is 4.09. The SMILES string of the molecule is C=C/C(=C\C=C(/N)C(F)(F)F)S(=O)(=O)C(CC)S(=O)(=O)C(C)(F)F. The van der Waals surface area contributed by atoms with Gasteiger partial charge < -0.3 is 5.73 Å². The lowest BCUT2D eigenvalue weighted by Crippen LogP contribution is -2.40. The zero-order valence-corrected chi connectivity index (χ0v) is 14.3. The van der Waals surface area contributed by atoms with Crippen molar-refractivity contribution in [2.45, 2.75) is 36.3 Å². The minimum atomic E-state index is -5.45. The van der Waals surface area contributed by atoms with E-state index in [-0.39, 0.29) is 13.0 Å². The van der Waals surface area contributed by atoms with Crippen LogP contribution in [0.4, 0.5) is 22.0 Å². The van der Waals surface area contributed by atoms with E-state index in [0.29, 0.717) is 12.2 Å². The van der Waals surface area contributed by atoms with Crippen LogP contribution < -0.4 is 5.73 Å². The predicted molar refractivity (Wildman–Crippen MR) is 79.1 cm³/mol. The molecule has 1 atom stereocenters. The maximum atomic E-state index is 13.2. The van der Waals surface area contributed by atoms with Gasteiger partial charge in [0.15, 0.2) is 14.4 Å². The van der Waals surface area contributed by atoms with Crippen molar-refractivity contribution in [1.29, 1.82) is 0 Å². The number of nitrogens with two attached hydrogens (primary N) is 1. The Morgan fingerprint density at radius 1 is 1.12 bits per heavy atom. The molecule has 0 aromatic heterocycles. The lowest BCUT2D eigenvalue weighted by Gasteiger charge is -2.21. The Bertz CT molecular complexity index is 743. The van der Waals surface area contributed by atoms with Gasteiger partial charge in [-0.1, -0.05) is 19.6 Å². The Morgan fingerprint density at radius 3 is 1.88 bits per heavy atom. The van der Waals surface area contributed by atoms with E-state index in [0.717, 1.165) is 6.92 Å². The predicted octanol–water partition coefficient (Wildman–Crippen LogP) is 2.64. The second kappa shape index (κ2) is 7.21. The molecule has 0 fully saturated rings. The highest BCUT2D eigenvalue weighted by Gasteiger charge is 2.50. The molecule has 0 saturated heterocycles. The van der Waals surface area contributed by atoms with Crippen LogP contribution in [0.5, 0.6) is 0 Å². The molecule has 0 aromatic carbocycles. The molecule has 0 saturated carbocycles. The van der Waals surface area contributed by atoms with E-state index in [4.69, 9.17) is 0 Å². The Labute approximate surface area is 136 Å². The van der Waals surface area contributed by atoms with Crippen LogP contribution in [0.1, 0.15) is 20.3 Å². The zero-order chi connectivity index (χ0) is 19.6. The highest BCUT2D eigenvalue weighted by Crippen LogP contribution is 2.32. The van der Waals surface area contributed by atoms with Crippen molar-refractivity contribution in [3.63, 3.8) is 0 Å². The highest BCUT2D eigenvalue weighted by molar-refractivity contribution is 8.11. The number of halogens is 5. The second-order valence-corrected chi connectivity index (χ2v) is 9.43. The van der Waals surface area contributed by atoms with Crippen LogP contribution in [-0.2, 0) is 19.7 Å². The quantitative estimate of drug-likeness (QED) is 0.526. The third-order valence-corrected chi connectivity index (χ3v) is 8.34. The first kappa shape index (κ1) is 22.6. The van der Waals surface area contributed by atoms with Crippen LogP contribution in [0.15, 0.2) is 35.4 Å². The molecule has 0 rings (SSSR count). The van der Waals surface area contributed by atoms with Crippen LogP contribution in [0.25, 0.3) is 0 Å². The molecule has 0 bridgehead atoms. The van der Waals surface area contributed by atoms with Crippen LogP contribution in [-0.4, -0.2) is 32.8 Å². The van der Waals surface area contributed by atoms with E-state index in [1.54, 1.807) is 0 Å². The van der Waals surface area contributed by atoms with E-state index >= 15 is 0 Å². The number of alkyl halides is 5. The molecule has 12 heteroatoms. The summed E-state index contributed by atoms with van der Waals surface area (Å²) in [4.78, 5) is -0.977. The summed E-state index contributed by atoms with van der Waals surface area (Å²) in [7, 11) is -10.4. The van der Waals surface area contributed by atoms with Gasteiger partial charge in [-0.15, -0.1) is 0 Å². The number of sulfone groups is 2. The molecule has 0 spiro atoms. The molecule has 0 aliphatic heterocycles. The molecular weight excluding hydrogens is 381 g/mol. The molecular formula is C12H16F5NO4S2. The fourth-order valence-electron chi connectivity index (χ4n) is 1.53. The summed E-state index contributed by atoms with van der Waals surface area (Å²) in [5.74, 6) is 0. The maximum absolute atomic E-state index is 13.2. The van der Waals surface area contributed by atoms with E-state index in [1.807, 2.05) is 0 Å². The average Bonchev–Trinajstić information content (AvgIpc) is 2.36. The molecule has 24 heavy (non-hydrogen) atoms. The van der Waals surface area contributed by atoms with E-state index in [1.165, 1.54) is 0 Å². The Kier molecular flexibility index (Phi) is 6.78. The molecule has 0 aromatic rings. The van der Waals surface area contributed by atoms with Gasteiger partial charge in [0.1, 0.15) is 5.70 Å². The molecule has 0 radical (unpaired) electrons. The average molecular weight is 397 g/mol. The summed E-state index contributed by atoms with van der Waals surface area (Å²) in [6.07, 6.45) is -4.60. The second-order valence-electron chi connectivity index (χ2n) is 4.63. The van der Waals surface area contributed by atoms with Crippen LogP contribution >= 0.6 is 0 Å². The van der Waals surface area contributed by atoms with Gasteiger partial charge in [0, 0.05) is 6.92 Å². The fraction of sp³-hybridized carbons (Fsp3) is 0.500. The molecule has 140 valence electrons. The third kappa shape index (κ3) is 4.79. The van der Waals surface area contributed by atoms with Crippen LogP contribution in [0, 0.1) is 0 Å². The third-order valence-electron chi connectivity index (χ3n) is 2.81. The van der Waals surface area contributed by atoms with E-state index in [2.05, 4.69) is 12.3 Å². The van der Waals surface area contributed by atoms with Crippen molar-refractivity contribution in [3.8, 4) is 0 Å². The minimum Gasteiger partial charge on any atom is -0.395 e. The van der Waals surface area contributed by atoms with Crippen molar-refractivity contribution in [2.75, 3.05) is 0 Å². The van der Waals surface area contributed by atoms with Crippen LogP contribution in [0.3, 0.4) is 0 Å². The largest absolute Gasteiger partial charge is 0.430 e. The van der Waals surface area contributed by atoms with Gasteiger partial charge in [0.05, 0.1) is 4.91 Å². The van der Waals surface area contributed by atoms with E-state index in [9.17, 15) is 38.8 Å².